The third-order valence-corrected chi connectivity index (χ3v) is 11.7. The first-order chi connectivity index (χ1) is 26.3. The summed E-state index contributed by atoms with van der Waals surface area (Å²) in [5, 5.41) is 9.46. The molecule has 0 saturated heterocycles. The van der Waals surface area contributed by atoms with Gasteiger partial charge in [0, 0.05) is 0 Å². The van der Waals surface area contributed by atoms with E-state index in [1.807, 2.05) is 84.9 Å². The van der Waals surface area contributed by atoms with Crippen LogP contribution in [0.15, 0.2) is 188 Å². The zero-order valence-corrected chi connectivity index (χ0v) is 34.8. The van der Waals surface area contributed by atoms with Gasteiger partial charge >= 0.3 is 16.5 Å². The van der Waals surface area contributed by atoms with Crippen molar-refractivity contribution in [2.45, 2.75) is 59.3 Å². The first-order valence-corrected chi connectivity index (χ1v) is 20.5. The number of rotatable bonds is 10. The van der Waals surface area contributed by atoms with E-state index >= 15 is 0 Å². The van der Waals surface area contributed by atoms with Gasteiger partial charge in [-0.25, -0.2) is 0 Å². The number of benzene rings is 7. The molecule has 7 aromatic carbocycles. The van der Waals surface area contributed by atoms with E-state index in [9.17, 15) is 0 Å². The monoisotopic (exact) mass is 784 g/mol. The maximum Gasteiger partial charge on any atom is 2.00 e. The summed E-state index contributed by atoms with van der Waals surface area (Å²) in [6, 6.07) is 67.6. The van der Waals surface area contributed by atoms with Crippen LogP contribution in [0.5, 0.6) is 11.5 Å². The van der Waals surface area contributed by atoms with Gasteiger partial charge in [-0.1, -0.05) is 161 Å². The van der Waals surface area contributed by atoms with Gasteiger partial charge in [0.25, 0.3) is 0 Å². The molecule has 55 heavy (non-hydrogen) atoms. The van der Waals surface area contributed by atoms with Gasteiger partial charge in [0.2, 0.25) is 0 Å². The summed E-state index contributed by atoms with van der Waals surface area (Å²) in [7, 11) is -0.877. The molecule has 2 nitrogen and oxygen atoms in total. The average Bonchev–Trinajstić information content (AvgIpc) is 3.21. The molecule has 0 unspecified atom stereocenters. The maximum atomic E-state index is 6.15. The van der Waals surface area contributed by atoms with Gasteiger partial charge in [0.15, 0.2) is 0 Å². The minimum atomic E-state index is -0.877. The molecule has 7 aromatic rings. The van der Waals surface area contributed by atoms with Crippen molar-refractivity contribution in [1.29, 1.82) is 0 Å². The van der Waals surface area contributed by atoms with Crippen LogP contribution in [0, 0.1) is 6.07 Å². The van der Waals surface area contributed by atoms with Crippen LogP contribution in [-0.2, 0) is 16.5 Å². The Morgan fingerprint density at radius 1 is 0.473 bits per heavy atom. The summed E-state index contributed by atoms with van der Waals surface area (Å²) in [4.78, 5) is 0. The molecule has 0 amide bonds. The summed E-state index contributed by atoms with van der Waals surface area (Å²) in [5.74, 6) is 2.88. The van der Waals surface area contributed by atoms with Crippen LogP contribution in [0.25, 0.3) is 5.32 Å². The zero-order chi connectivity index (χ0) is 38.1. The Bertz CT molecular complexity index is 1940. The number of hydrogen-bond donors (Lipinski definition) is 0. The molecule has 0 aliphatic heterocycles. The molecule has 0 spiro atoms. The largest absolute Gasteiger partial charge is 2.00 e. The molecule has 0 fully saturated rings. The molecule has 4 heteroatoms. The van der Waals surface area contributed by atoms with Crippen LogP contribution in [0.1, 0.15) is 76.0 Å². The fourth-order valence-corrected chi connectivity index (χ4v) is 8.65. The third-order valence-electron chi connectivity index (χ3n) is 8.96. The maximum absolute atomic E-state index is 6.15. The number of ether oxygens (including phenoxy) is 1. The normalized spacial score (nSPS) is 10.5. The van der Waals surface area contributed by atoms with Gasteiger partial charge in [0.05, 0.1) is 7.92 Å². The summed E-state index contributed by atoms with van der Waals surface area (Å²) in [6.07, 6.45) is 0. The first kappa shape index (κ1) is 42.8. The quantitative estimate of drug-likeness (QED) is 0.0770. The zero-order valence-electron chi connectivity index (χ0n) is 32.8. The molecule has 0 radical (unpaired) electrons. The Morgan fingerprint density at radius 2 is 0.873 bits per heavy atom. The molecule has 0 heterocycles. The van der Waals surface area contributed by atoms with Crippen LogP contribution in [-0.4, -0.2) is 0 Å². The summed E-state index contributed by atoms with van der Waals surface area (Å²) in [5.41, 5.74) is 5.93. The van der Waals surface area contributed by atoms with Crippen molar-refractivity contribution in [1.82, 2.24) is 0 Å². The second-order valence-electron chi connectivity index (χ2n) is 14.1. The van der Waals surface area contributed by atoms with Gasteiger partial charge in [-0.3, -0.25) is 0 Å². The number of hydrogen-bond acceptors (Lipinski definition) is 1. The van der Waals surface area contributed by atoms with Crippen molar-refractivity contribution < 1.29 is 21.2 Å². The van der Waals surface area contributed by atoms with E-state index in [1.165, 1.54) is 32.6 Å². The van der Waals surface area contributed by atoms with Crippen molar-refractivity contribution in [3.63, 3.8) is 0 Å². The van der Waals surface area contributed by atoms with E-state index in [1.54, 1.807) is 0 Å². The van der Waals surface area contributed by atoms with Crippen LogP contribution < -0.4 is 20.7 Å². The van der Waals surface area contributed by atoms with Crippen molar-refractivity contribution in [3.8, 4) is 11.5 Å². The van der Waals surface area contributed by atoms with Crippen molar-refractivity contribution >= 4 is 35.2 Å². The van der Waals surface area contributed by atoms with Crippen LogP contribution >= 0.6 is 7.92 Å². The van der Waals surface area contributed by atoms with Crippen LogP contribution in [0.2, 0.25) is 0 Å². The molecular weight excluding hydrogens is 732 g/mol. The van der Waals surface area contributed by atoms with E-state index in [-0.39, 0.29) is 16.5 Å². The fourth-order valence-electron chi connectivity index (χ4n) is 6.07. The molecule has 0 atom stereocenters. The average molecular weight is 786 g/mol. The third kappa shape index (κ3) is 12.8. The van der Waals surface area contributed by atoms with Crippen LogP contribution in [0.4, 0.5) is 11.4 Å². The summed E-state index contributed by atoms with van der Waals surface area (Å²) in [6.45, 7) is 13.5. The summed E-state index contributed by atoms with van der Waals surface area (Å²) >= 11 is 0. The smallest absolute Gasteiger partial charge is 0.654 e. The number of para-hydroxylation sites is 3. The fraction of sp³-hybridized carbons (Fsp3) is 0.176. The van der Waals surface area contributed by atoms with E-state index < -0.39 is 7.92 Å². The molecule has 7 rings (SSSR count). The van der Waals surface area contributed by atoms with Crippen molar-refractivity contribution in [2.24, 2.45) is 0 Å². The molecule has 0 aromatic heterocycles. The topological polar surface area (TPSA) is 23.3 Å². The molecule has 0 N–H and O–H groups in total. The molecule has 0 saturated carbocycles. The molecule has 282 valence electrons. The Balaban J connectivity index is 0.000000220. The van der Waals surface area contributed by atoms with Gasteiger partial charge < -0.3 is 10.1 Å². The minimum Gasteiger partial charge on any atom is -0.654 e. The van der Waals surface area contributed by atoms with E-state index in [0.29, 0.717) is 17.8 Å². The standard InChI is InChI=1S/C27H32NO.C18H15P.C6H5.Ni/c1-18(2)21-16-23(19(3)4)27(24(17-21)20(5)6)28-25-14-10-11-15-26(25)29-22-12-8-7-9-13-22;1-4-10-16(11-5-1)19(17-12-6-2-7-13-17)18-14-8-3-9-15-18;1-2-4-6-5-3-1;/h7-20H,1-6H3;1-15H;1-5H;/q-1;;-1;+2/p+1. The van der Waals surface area contributed by atoms with Gasteiger partial charge in [-0.15, -0.1) is 5.69 Å². The van der Waals surface area contributed by atoms with Crippen LogP contribution in [0.3, 0.4) is 0 Å². The van der Waals surface area contributed by atoms with E-state index in [4.69, 9.17) is 10.1 Å². The Labute approximate surface area is 341 Å². The molecule has 0 bridgehead atoms. The predicted molar refractivity (Wildman–Crippen MR) is 236 cm³/mol. The van der Waals surface area contributed by atoms with Gasteiger partial charge in [-0.2, -0.15) is 36.4 Å². The van der Waals surface area contributed by atoms with Crippen molar-refractivity contribution in [2.75, 3.05) is 0 Å². The first-order valence-electron chi connectivity index (χ1n) is 19.0. The van der Waals surface area contributed by atoms with E-state index in [0.717, 1.165) is 22.9 Å². The summed E-state index contributed by atoms with van der Waals surface area (Å²) < 4.78 is 6.15. The molecule has 0 aliphatic rings. The predicted octanol–water partition coefficient (Wildman–Crippen LogP) is 13.8. The molecule has 0 aliphatic carbocycles. The minimum absolute atomic E-state index is 0. The van der Waals surface area contributed by atoms with Gasteiger partial charge in [0.1, 0.15) is 27.4 Å². The second kappa shape index (κ2) is 22.4. The van der Waals surface area contributed by atoms with E-state index in [2.05, 4.69) is 151 Å². The number of nitrogens with zero attached hydrogens (tertiary/aromatic N) is 1. The Morgan fingerprint density at radius 3 is 1.25 bits per heavy atom. The van der Waals surface area contributed by atoms with Crippen molar-refractivity contribution in [3.05, 3.63) is 216 Å². The molecular formula is C51H53NNiOP+. The Kier molecular flexibility index (Phi) is 17.5. The SMILES string of the molecule is CC(C)c1cc(C(C)C)c([N-]c2ccccc2Oc2ccccc2)c(C(C)C)c1.[Ni+2].[c-]1ccccc1.c1ccc([PH+](c2ccccc2)c2ccccc2)cc1. The van der Waals surface area contributed by atoms with Gasteiger partial charge in [-0.05, 0) is 77.9 Å². The Hall–Kier alpha value is -4.94. The second-order valence-corrected chi connectivity index (χ2v) is 16.5.